The Balaban J connectivity index is 1.45. The summed E-state index contributed by atoms with van der Waals surface area (Å²) in [4.78, 5) is 25.2. The van der Waals surface area contributed by atoms with Crippen LogP contribution in [0.1, 0.15) is 27.4 Å². The highest BCUT2D eigenvalue weighted by molar-refractivity contribution is 7.14. The zero-order chi connectivity index (χ0) is 19.2. The van der Waals surface area contributed by atoms with Crippen LogP contribution in [0.5, 0.6) is 0 Å². The lowest BCUT2D eigenvalue weighted by atomic mass is 10.2. The average Bonchev–Trinajstić information content (AvgIpc) is 3.37. The predicted molar refractivity (Wildman–Crippen MR) is 108 cm³/mol. The number of hydrogen-bond donors (Lipinski definition) is 1. The molecule has 28 heavy (non-hydrogen) atoms. The molecule has 0 aliphatic heterocycles. The number of pyridine rings is 2. The van der Waals surface area contributed by atoms with Crippen molar-refractivity contribution in [1.29, 1.82) is 0 Å². The fourth-order valence-electron chi connectivity index (χ4n) is 2.56. The Morgan fingerprint density at radius 1 is 1.04 bits per heavy atom. The third-order valence-electron chi connectivity index (χ3n) is 3.87. The van der Waals surface area contributed by atoms with Crippen LogP contribution < -0.4 is 5.32 Å². The fraction of sp³-hybridized carbons (Fsp3) is 0.0476. The van der Waals surface area contributed by atoms with E-state index in [0.29, 0.717) is 28.8 Å². The van der Waals surface area contributed by atoms with E-state index in [9.17, 15) is 4.79 Å². The van der Waals surface area contributed by atoms with E-state index >= 15 is 0 Å². The number of carbonyl (C=O) groups excluding carboxylic acids is 1. The molecule has 0 saturated carbocycles. The van der Waals surface area contributed by atoms with Crippen LogP contribution in [-0.4, -0.2) is 25.4 Å². The van der Waals surface area contributed by atoms with Crippen LogP contribution in [0, 0.1) is 11.8 Å². The molecule has 0 bridgehead atoms. The van der Waals surface area contributed by atoms with Crippen molar-refractivity contribution in [2.24, 2.45) is 0 Å². The fourth-order valence-corrected chi connectivity index (χ4v) is 3.20. The molecule has 0 aromatic carbocycles. The molecule has 1 N–H and O–H groups in total. The number of rotatable bonds is 4. The van der Waals surface area contributed by atoms with Gasteiger partial charge in [0, 0.05) is 36.7 Å². The van der Waals surface area contributed by atoms with Gasteiger partial charge in [-0.05, 0) is 53.8 Å². The second-order valence-corrected chi connectivity index (χ2v) is 6.69. The van der Waals surface area contributed by atoms with Crippen molar-refractivity contribution >= 4 is 22.4 Å². The van der Waals surface area contributed by atoms with Gasteiger partial charge in [-0.15, -0.1) is 11.3 Å². The van der Waals surface area contributed by atoms with Crippen molar-refractivity contribution in [3.8, 4) is 11.8 Å². The number of hydrogen-bond acceptors (Lipinski definition) is 5. The van der Waals surface area contributed by atoms with Gasteiger partial charge in [-0.25, -0.2) is 9.97 Å². The molecular formula is C21H15N5OS. The average molecular weight is 385 g/mol. The molecule has 136 valence electrons. The van der Waals surface area contributed by atoms with E-state index < -0.39 is 0 Å². The topological polar surface area (TPSA) is 72.7 Å². The number of thiazole rings is 1. The molecule has 0 aliphatic carbocycles. The molecule has 4 rings (SSSR count). The van der Waals surface area contributed by atoms with Crippen molar-refractivity contribution in [3.63, 3.8) is 0 Å². The van der Waals surface area contributed by atoms with E-state index in [0.717, 1.165) is 5.56 Å². The maximum Gasteiger partial charge on any atom is 0.274 e. The number of amides is 1. The molecule has 0 spiro atoms. The maximum absolute atomic E-state index is 12.7. The van der Waals surface area contributed by atoms with E-state index in [1.807, 2.05) is 52.5 Å². The summed E-state index contributed by atoms with van der Waals surface area (Å²) in [6.45, 7) is 0.594. The Hall–Kier alpha value is -3.76. The molecule has 0 atom stereocenters. The molecule has 0 saturated heterocycles. The third-order valence-corrected chi connectivity index (χ3v) is 4.63. The largest absolute Gasteiger partial charge is 0.339 e. The quantitative estimate of drug-likeness (QED) is 0.546. The summed E-state index contributed by atoms with van der Waals surface area (Å²) in [6.07, 6.45) is 7.04. The first-order chi connectivity index (χ1) is 13.8. The highest BCUT2D eigenvalue weighted by Gasteiger charge is 2.13. The van der Waals surface area contributed by atoms with Gasteiger partial charge in [0.15, 0.2) is 5.13 Å². The summed E-state index contributed by atoms with van der Waals surface area (Å²) in [5.74, 6) is 5.70. The standard InChI is InChI=1S/C21H15N5OS/c27-20(19-5-3-13-26(19)14-16-8-11-22-12-9-16)25-21-24-18(15-28-21)7-6-17-4-1-2-10-23-17/h1-5,8-13,15H,14H2,(H,24,25,27). The highest BCUT2D eigenvalue weighted by atomic mass is 32.1. The van der Waals surface area contributed by atoms with Gasteiger partial charge in [0.2, 0.25) is 0 Å². The second kappa shape index (κ2) is 8.29. The minimum Gasteiger partial charge on any atom is -0.339 e. The molecule has 0 aliphatic rings. The van der Waals surface area contributed by atoms with Crippen molar-refractivity contribution in [1.82, 2.24) is 19.5 Å². The number of nitrogens with zero attached hydrogens (tertiary/aromatic N) is 4. The van der Waals surface area contributed by atoms with Crippen LogP contribution in [0.25, 0.3) is 0 Å². The third kappa shape index (κ3) is 4.31. The maximum atomic E-state index is 12.7. The summed E-state index contributed by atoms with van der Waals surface area (Å²) in [5, 5.41) is 5.15. The van der Waals surface area contributed by atoms with Gasteiger partial charge in [-0.3, -0.25) is 15.1 Å². The molecule has 1 amide bonds. The lowest BCUT2D eigenvalue weighted by Crippen LogP contribution is -2.17. The molecule has 7 heteroatoms. The summed E-state index contributed by atoms with van der Waals surface area (Å²) in [6, 6.07) is 13.0. The van der Waals surface area contributed by atoms with Crippen LogP contribution >= 0.6 is 11.3 Å². The van der Waals surface area contributed by atoms with Gasteiger partial charge in [0.05, 0.1) is 0 Å². The molecular weight excluding hydrogens is 370 g/mol. The van der Waals surface area contributed by atoms with Gasteiger partial charge in [0.25, 0.3) is 5.91 Å². The van der Waals surface area contributed by atoms with Crippen molar-refractivity contribution in [3.05, 3.63) is 95.3 Å². The van der Waals surface area contributed by atoms with E-state index in [2.05, 4.69) is 32.1 Å². The smallest absolute Gasteiger partial charge is 0.274 e. The first-order valence-electron chi connectivity index (χ1n) is 8.52. The van der Waals surface area contributed by atoms with Gasteiger partial charge in [0.1, 0.15) is 17.1 Å². The molecule has 0 fully saturated rings. The predicted octanol–water partition coefficient (Wildman–Crippen LogP) is 3.44. The zero-order valence-electron chi connectivity index (χ0n) is 14.7. The lowest BCUT2D eigenvalue weighted by molar-refractivity contribution is 0.101. The number of anilines is 1. The summed E-state index contributed by atoms with van der Waals surface area (Å²) >= 11 is 1.34. The van der Waals surface area contributed by atoms with Crippen LogP contribution in [0.3, 0.4) is 0 Å². The Morgan fingerprint density at radius 2 is 1.89 bits per heavy atom. The summed E-state index contributed by atoms with van der Waals surface area (Å²) in [5.41, 5.74) is 2.91. The van der Waals surface area contributed by atoms with Crippen molar-refractivity contribution < 1.29 is 4.79 Å². The first-order valence-corrected chi connectivity index (χ1v) is 9.40. The number of nitrogens with one attached hydrogen (secondary N) is 1. The van der Waals surface area contributed by atoms with Crippen LogP contribution in [0.15, 0.2) is 72.6 Å². The summed E-state index contributed by atoms with van der Waals surface area (Å²) < 4.78 is 1.89. The Kier molecular flexibility index (Phi) is 5.22. The van der Waals surface area contributed by atoms with E-state index in [1.54, 1.807) is 24.7 Å². The Bertz CT molecular complexity index is 1140. The van der Waals surface area contributed by atoms with Crippen LogP contribution in [0.4, 0.5) is 5.13 Å². The van der Waals surface area contributed by atoms with E-state index in [-0.39, 0.29) is 5.91 Å². The van der Waals surface area contributed by atoms with Gasteiger partial charge in [-0.2, -0.15) is 0 Å². The van der Waals surface area contributed by atoms with Gasteiger partial charge < -0.3 is 4.57 Å². The van der Waals surface area contributed by atoms with Crippen LogP contribution in [0.2, 0.25) is 0 Å². The molecule has 6 nitrogen and oxygen atoms in total. The summed E-state index contributed by atoms with van der Waals surface area (Å²) in [7, 11) is 0. The lowest BCUT2D eigenvalue weighted by Gasteiger charge is -2.08. The van der Waals surface area contributed by atoms with Crippen molar-refractivity contribution in [2.45, 2.75) is 6.54 Å². The van der Waals surface area contributed by atoms with E-state index in [4.69, 9.17) is 0 Å². The van der Waals surface area contributed by atoms with Gasteiger partial charge >= 0.3 is 0 Å². The first kappa shape index (κ1) is 17.6. The Morgan fingerprint density at radius 3 is 2.71 bits per heavy atom. The molecule has 4 heterocycles. The van der Waals surface area contributed by atoms with E-state index in [1.165, 1.54) is 11.3 Å². The van der Waals surface area contributed by atoms with Gasteiger partial charge in [-0.1, -0.05) is 6.07 Å². The highest BCUT2D eigenvalue weighted by Crippen LogP contribution is 2.17. The monoisotopic (exact) mass is 385 g/mol. The second-order valence-electron chi connectivity index (χ2n) is 5.83. The SMILES string of the molecule is O=C(Nc1nc(C#Cc2ccccn2)cs1)c1cccn1Cc1ccncc1. The number of carbonyl (C=O) groups is 1. The molecule has 0 unspecified atom stereocenters. The molecule has 4 aromatic rings. The van der Waals surface area contributed by atoms with Crippen molar-refractivity contribution in [2.75, 3.05) is 5.32 Å². The zero-order valence-corrected chi connectivity index (χ0v) is 15.6. The molecule has 0 radical (unpaired) electrons. The number of aromatic nitrogens is 4. The molecule has 4 aromatic heterocycles. The minimum atomic E-state index is -0.211. The minimum absolute atomic E-state index is 0.211. The normalized spacial score (nSPS) is 10.1. The Labute approximate surface area is 165 Å². The van der Waals surface area contributed by atoms with Crippen LogP contribution in [-0.2, 0) is 6.54 Å².